The minimum atomic E-state index is -0.393. The Kier molecular flexibility index (Phi) is 7.85. The highest BCUT2D eigenvalue weighted by Gasteiger charge is 2.34. The summed E-state index contributed by atoms with van der Waals surface area (Å²) in [6, 6.07) is 7.09. The number of likely N-dealkylation sites (tertiary alicyclic amines) is 1. The fourth-order valence-electron chi connectivity index (χ4n) is 2.16. The molecule has 0 unspecified atom stereocenters. The van der Waals surface area contributed by atoms with Gasteiger partial charge in [-0.05, 0) is 30.6 Å². The van der Waals surface area contributed by atoms with Crippen LogP contribution < -0.4 is 15.2 Å². The lowest BCUT2D eigenvalue weighted by Gasteiger charge is -2.40. The van der Waals surface area contributed by atoms with Gasteiger partial charge >= 0.3 is 0 Å². The molecular formula is C15H23ClN2O3S. The van der Waals surface area contributed by atoms with Crippen molar-refractivity contribution in [2.75, 3.05) is 32.2 Å². The van der Waals surface area contributed by atoms with Crippen LogP contribution in [0, 0.1) is 0 Å². The van der Waals surface area contributed by atoms with E-state index in [2.05, 4.69) is 0 Å². The Morgan fingerprint density at radius 1 is 1.45 bits per heavy atom. The molecule has 124 valence electrons. The van der Waals surface area contributed by atoms with Gasteiger partial charge in [-0.1, -0.05) is 6.07 Å². The van der Waals surface area contributed by atoms with Gasteiger partial charge in [-0.3, -0.25) is 4.79 Å². The number of benzene rings is 1. The predicted molar refractivity (Wildman–Crippen MR) is 92.2 cm³/mol. The van der Waals surface area contributed by atoms with Crippen LogP contribution in [0.25, 0.3) is 0 Å². The molecule has 2 rings (SSSR count). The van der Waals surface area contributed by atoms with Crippen molar-refractivity contribution in [3.05, 3.63) is 24.3 Å². The van der Waals surface area contributed by atoms with Gasteiger partial charge < -0.3 is 20.1 Å². The number of hydrogen-bond donors (Lipinski definition) is 1. The molecule has 0 radical (unpaired) electrons. The number of carbonyl (C=O) groups excluding carboxylic acids is 1. The SMILES string of the molecule is COc1cccc(OC2CN(C(=O)[C@H](N)CCSC)C2)c1.Cl. The summed E-state index contributed by atoms with van der Waals surface area (Å²) in [7, 11) is 1.62. The van der Waals surface area contributed by atoms with Gasteiger partial charge in [0.15, 0.2) is 0 Å². The van der Waals surface area contributed by atoms with Crippen LogP contribution in [0.1, 0.15) is 6.42 Å². The number of ether oxygens (including phenoxy) is 2. The minimum Gasteiger partial charge on any atom is -0.497 e. The molecule has 7 heteroatoms. The van der Waals surface area contributed by atoms with Crippen molar-refractivity contribution in [3.63, 3.8) is 0 Å². The predicted octanol–water partition coefficient (Wildman–Crippen LogP) is 1.79. The molecule has 0 spiro atoms. The maximum Gasteiger partial charge on any atom is 0.239 e. The molecule has 1 aromatic rings. The number of carbonyl (C=O) groups is 1. The van der Waals surface area contributed by atoms with E-state index in [4.69, 9.17) is 15.2 Å². The van der Waals surface area contributed by atoms with E-state index in [0.717, 1.165) is 23.7 Å². The van der Waals surface area contributed by atoms with Gasteiger partial charge in [-0.2, -0.15) is 11.8 Å². The summed E-state index contributed by atoms with van der Waals surface area (Å²) in [5.41, 5.74) is 5.89. The van der Waals surface area contributed by atoms with Crippen molar-refractivity contribution in [2.45, 2.75) is 18.6 Å². The maximum atomic E-state index is 12.0. The number of hydrogen-bond acceptors (Lipinski definition) is 5. The third kappa shape index (κ3) is 4.97. The number of halogens is 1. The van der Waals surface area contributed by atoms with Gasteiger partial charge in [0.05, 0.1) is 26.2 Å². The van der Waals surface area contributed by atoms with E-state index >= 15 is 0 Å². The molecule has 1 aromatic carbocycles. The van der Waals surface area contributed by atoms with Gasteiger partial charge in [-0.25, -0.2) is 0 Å². The molecular weight excluding hydrogens is 324 g/mol. The normalized spacial score (nSPS) is 15.5. The zero-order valence-corrected chi connectivity index (χ0v) is 14.5. The number of nitrogens with two attached hydrogens (primary N) is 1. The monoisotopic (exact) mass is 346 g/mol. The highest BCUT2D eigenvalue weighted by Crippen LogP contribution is 2.23. The number of amides is 1. The Bertz CT molecular complexity index is 484. The highest BCUT2D eigenvalue weighted by atomic mass is 35.5. The van der Waals surface area contributed by atoms with Crippen LogP contribution in [0.4, 0.5) is 0 Å². The molecule has 22 heavy (non-hydrogen) atoms. The average molecular weight is 347 g/mol. The Balaban J connectivity index is 0.00000242. The molecule has 1 heterocycles. The molecule has 1 aliphatic heterocycles. The molecule has 1 atom stereocenters. The molecule has 1 fully saturated rings. The van der Waals surface area contributed by atoms with Gasteiger partial charge in [-0.15, -0.1) is 12.4 Å². The fraction of sp³-hybridized carbons (Fsp3) is 0.533. The summed E-state index contributed by atoms with van der Waals surface area (Å²) in [6.07, 6.45) is 2.77. The molecule has 1 saturated heterocycles. The first-order valence-corrected chi connectivity index (χ1v) is 8.37. The van der Waals surface area contributed by atoms with Gasteiger partial charge in [0.25, 0.3) is 0 Å². The topological polar surface area (TPSA) is 64.8 Å². The Hall–Kier alpha value is -1.11. The first-order chi connectivity index (χ1) is 10.1. The molecule has 1 aliphatic rings. The molecule has 0 bridgehead atoms. The van der Waals surface area contributed by atoms with E-state index in [0.29, 0.717) is 13.1 Å². The van der Waals surface area contributed by atoms with Gasteiger partial charge in [0.1, 0.15) is 17.6 Å². The van der Waals surface area contributed by atoms with Crippen molar-refractivity contribution in [1.82, 2.24) is 4.90 Å². The fourth-order valence-corrected chi connectivity index (χ4v) is 2.65. The Morgan fingerprint density at radius 3 is 2.77 bits per heavy atom. The number of rotatable bonds is 7. The van der Waals surface area contributed by atoms with Crippen LogP contribution in [-0.4, -0.2) is 55.2 Å². The van der Waals surface area contributed by atoms with Crippen LogP contribution in [0.2, 0.25) is 0 Å². The van der Waals surface area contributed by atoms with Crippen LogP contribution in [0.15, 0.2) is 24.3 Å². The molecule has 1 amide bonds. The summed E-state index contributed by atoms with van der Waals surface area (Å²) >= 11 is 1.70. The third-order valence-electron chi connectivity index (χ3n) is 3.45. The number of methoxy groups -OCH3 is 1. The summed E-state index contributed by atoms with van der Waals surface area (Å²) in [5.74, 6) is 2.45. The van der Waals surface area contributed by atoms with Crippen LogP contribution in [0.5, 0.6) is 11.5 Å². The van der Waals surface area contributed by atoms with Crippen molar-refractivity contribution in [2.24, 2.45) is 5.73 Å². The van der Waals surface area contributed by atoms with Crippen molar-refractivity contribution < 1.29 is 14.3 Å². The lowest BCUT2D eigenvalue weighted by Crippen LogP contribution is -2.59. The van der Waals surface area contributed by atoms with Gasteiger partial charge in [0.2, 0.25) is 5.91 Å². The van der Waals surface area contributed by atoms with Crippen molar-refractivity contribution >= 4 is 30.1 Å². The summed E-state index contributed by atoms with van der Waals surface area (Å²) < 4.78 is 11.0. The molecule has 2 N–H and O–H groups in total. The Labute approximate surface area is 141 Å². The first-order valence-electron chi connectivity index (χ1n) is 6.98. The van der Waals surface area contributed by atoms with Crippen molar-refractivity contribution in [1.29, 1.82) is 0 Å². The zero-order valence-electron chi connectivity index (χ0n) is 12.9. The zero-order chi connectivity index (χ0) is 15.2. The van der Waals surface area contributed by atoms with E-state index < -0.39 is 6.04 Å². The van der Waals surface area contributed by atoms with Crippen LogP contribution >= 0.6 is 24.2 Å². The van der Waals surface area contributed by atoms with Crippen LogP contribution in [-0.2, 0) is 4.79 Å². The largest absolute Gasteiger partial charge is 0.497 e. The minimum absolute atomic E-state index is 0. The number of thioether (sulfide) groups is 1. The van der Waals surface area contributed by atoms with E-state index in [-0.39, 0.29) is 24.4 Å². The van der Waals surface area contributed by atoms with E-state index in [9.17, 15) is 4.79 Å². The quantitative estimate of drug-likeness (QED) is 0.815. The summed E-state index contributed by atoms with van der Waals surface area (Å²) in [5, 5.41) is 0. The lowest BCUT2D eigenvalue weighted by molar-refractivity contribution is -0.141. The lowest BCUT2D eigenvalue weighted by atomic mass is 10.1. The second-order valence-corrected chi connectivity index (χ2v) is 6.04. The standard InChI is InChI=1S/C15H22N2O3S.ClH/c1-19-11-4-3-5-12(8-11)20-13-9-17(10-13)15(18)14(16)6-7-21-2;/h3-5,8,13-14H,6-7,9-10,16H2,1-2H3;1H/t14-;/m1./s1. The summed E-state index contributed by atoms with van der Waals surface area (Å²) in [4.78, 5) is 13.8. The molecule has 0 aliphatic carbocycles. The summed E-state index contributed by atoms with van der Waals surface area (Å²) in [6.45, 7) is 1.20. The van der Waals surface area contributed by atoms with E-state index in [1.165, 1.54) is 0 Å². The first kappa shape index (κ1) is 18.9. The second kappa shape index (κ2) is 9.12. The molecule has 5 nitrogen and oxygen atoms in total. The maximum absolute atomic E-state index is 12.0. The van der Waals surface area contributed by atoms with Crippen molar-refractivity contribution in [3.8, 4) is 11.5 Å². The second-order valence-electron chi connectivity index (χ2n) is 5.05. The molecule has 0 aromatic heterocycles. The smallest absolute Gasteiger partial charge is 0.239 e. The van der Waals surface area contributed by atoms with E-state index in [1.54, 1.807) is 23.8 Å². The molecule has 0 saturated carbocycles. The Morgan fingerprint density at radius 2 is 2.14 bits per heavy atom. The third-order valence-corrected chi connectivity index (χ3v) is 4.10. The average Bonchev–Trinajstić information content (AvgIpc) is 2.47. The van der Waals surface area contributed by atoms with E-state index in [1.807, 2.05) is 30.5 Å². The highest BCUT2D eigenvalue weighted by molar-refractivity contribution is 7.98. The van der Waals surface area contributed by atoms with Crippen LogP contribution in [0.3, 0.4) is 0 Å². The van der Waals surface area contributed by atoms with Gasteiger partial charge in [0, 0.05) is 6.07 Å². The number of nitrogens with zero attached hydrogens (tertiary/aromatic N) is 1.